The number of ether oxygens (including phenoxy) is 1. The molecule has 1 saturated carbocycles. The average Bonchev–Trinajstić information content (AvgIpc) is 3.37. The third-order valence-electron chi connectivity index (χ3n) is 7.15. The number of carbonyl (C=O) groups excluding carboxylic acids is 2. The Morgan fingerprint density at radius 1 is 1.00 bits per heavy atom. The Balaban J connectivity index is 1.36. The number of hydrogen-bond donors (Lipinski definition) is 2. The van der Waals surface area contributed by atoms with E-state index in [0.717, 1.165) is 30.4 Å². The fraction of sp³-hybridized carbons (Fsp3) is 0.464. The van der Waals surface area contributed by atoms with Crippen molar-refractivity contribution in [2.24, 2.45) is 5.92 Å². The minimum absolute atomic E-state index is 0.00883. The van der Waals surface area contributed by atoms with Crippen molar-refractivity contribution in [3.8, 4) is 11.1 Å². The second-order valence-corrected chi connectivity index (χ2v) is 10.5. The van der Waals surface area contributed by atoms with E-state index in [1.165, 1.54) is 16.0 Å². The first kappa shape index (κ1) is 24.8. The molecule has 0 saturated heterocycles. The predicted octanol–water partition coefficient (Wildman–Crippen LogP) is 4.80. The topological polar surface area (TPSA) is 95.9 Å². The van der Waals surface area contributed by atoms with Gasteiger partial charge in [0.2, 0.25) is 5.91 Å². The fourth-order valence-electron chi connectivity index (χ4n) is 5.43. The highest BCUT2D eigenvalue weighted by atomic mass is 16.5. The van der Waals surface area contributed by atoms with E-state index >= 15 is 0 Å². The summed E-state index contributed by atoms with van der Waals surface area (Å²) in [5, 5.41) is 12.2. The van der Waals surface area contributed by atoms with Crippen molar-refractivity contribution in [3.05, 3.63) is 59.7 Å². The minimum atomic E-state index is -1.03. The molecule has 1 fully saturated rings. The van der Waals surface area contributed by atoms with Crippen molar-refractivity contribution < 1.29 is 24.2 Å². The van der Waals surface area contributed by atoms with E-state index < -0.39 is 17.6 Å². The molecule has 2 unspecified atom stereocenters. The number of aliphatic carboxylic acids is 1. The summed E-state index contributed by atoms with van der Waals surface area (Å²) in [5.41, 5.74) is 4.08. The molecule has 2 aliphatic rings. The third-order valence-corrected chi connectivity index (χ3v) is 7.15. The van der Waals surface area contributed by atoms with Crippen molar-refractivity contribution in [2.45, 2.75) is 64.0 Å². The van der Waals surface area contributed by atoms with Crippen LogP contribution in [0.25, 0.3) is 11.1 Å². The number of rotatable bonds is 7. The highest BCUT2D eigenvalue weighted by Crippen LogP contribution is 2.44. The summed E-state index contributed by atoms with van der Waals surface area (Å²) >= 11 is 0. The van der Waals surface area contributed by atoms with E-state index in [2.05, 4.69) is 29.6 Å². The van der Waals surface area contributed by atoms with Gasteiger partial charge in [0.05, 0.1) is 0 Å². The van der Waals surface area contributed by atoms with Gasteiger partial charge in [0.15, 0.2) is 0 Å². The molecule has 7 nitrogen and oxygen atoms in total. The molecule has 0 bridgehead atoms. The van der Waals surface area contributed by atoms with Gasteiger partial charge in [0, 0.05) is 23.9 Å². The van der Waals surface area contributed by atoms with Crippen LogP contribution in [0, 0.1) is 5.92 Å². The number of fused-ring (bicyclic) bond motifs is 3. The fourth-order valence-corrected chi connectivity index (χ4v) is 5.43. The maximum Gasteiger partial charge on any atom is 0.407 e. The number of alkyl carbamates (subject to hydrolysis) is 1. The van der Waals surface area contributed by atoms with E-state index in [1.54, 1.807) is 0 Å². The standard InChI is InChI=1S/C28H34N2O5/c1-28(2,3)30(16-26(32)33)25(31)15-18-9-8-14-24(18)29-27(34)35-17-23-21-12-6-4-10-19(21)20-11-5-7-13-22(20)23/h4-7,10-13,18,23-24H,8-9,14-17H2,1-3H3,(H,29,34)(H,32,33). The average molecular weight is 479 g/mol. The Hall–Kier alpha value is -3.35. The number of carboxylic acid groups (broad SMARTS) is 1. The summed E-state index contributed by atoms with van der Waals surface area (Å²) in [6.45, 7) is 5.39. The predicted molar refractivity (Wildman–Crippen MR) is 133 cm³/mol. The molecule has 186 valence electrons. The molecule has 2 aromatic carbocycles. The summed E-state index contributed by atoms with van der Waals surface area (Å²) in [7, 11) is 0. The maximum atomic E-state index is 13.0. The molecule has 0 radical (unpaired) electrons. The number of nitrogens with one attached hydrogen (secondary N) is 1. The van der Waals surface area contributed by atoms with E-state index in [9.17, 15) is 19.5 Å². The molecule has 0 heterocycles. The van der Waals surface area contributed by atoms with Gasteiger partial charge in [-0.3, -0.25) is 9.59 Å². The zero-order valence-corrected chi connectivity index (χ0v) is 20.6. The van der Waals surface area contributed by atoms with Crippen LogP contribution < -0.4 is 5.32 Å². The number of hydrogen-bond acceptors (Lipinski definition) is 4. The zero-order valence-electron chi connectivity index (χ0n) is 20.6. The van der Waals surface area contributed by atoms with Crippen LogP contribution in [0.1, 0.15) is 63.5 Å². The number of carbonyl (C=O) groups is 3. The maximum absolute atomic E-state index is 13.0. The van der Waals surface area contributed by atoms with Gasteiger partial charge in [-0.15, -0.1) is 0 Å². The summed E-state index contributed by atoms with van der Waals surface area (Å²) in [6, 6.07) is 16.2. The second-order valence-electron chi connectivity index (χ2n) is 10.5. The summed E-state index contributed by atoms with van der Waals surface area (Å²) in [5.74, 6) is -1.29. The summed E-state index contributed by atoms with van der Waals surface area (Å²) in [6.07, 6.45) is 2.22. The molecule has 2 N–H and O–H groups in total. The van der Waals surface area contributed by atoms with E-state index in [-0.39, 0.29) is 43.4 Å². The Bertz CT molecular complexity index is 1060. The Labute approximate surface area is 206 Å². The molecule has 4 rings (SSSR count). The smallest absolute Gasteiger partial charge is 0.407 e. The highest BCUT2D eigenvalue weighted by molar-refractivity contribution is 5.82. The second kappa shape index (κ2) is 10.1. The van der Waals surface area contributed by atoms with Crippen LogP contribution in [0.3, 0.4) is 0 Å². The lowest BCUT2D eigenvalue weighted by atomic mass is 9.96. The van der Waals surface area contributed by atoms with Crippen LogP contribution in [-0.2, 0) is 14.3 Å². The van der Waals surface area contributed by atoms with Gasteiger partial charge >= 0.3 is 12.1 Å². The van der Waals surface area contributed by atoms with E-state index in [4.69, 9.17) is 4.74 Å². The summed E-state index contributed by atoms with van der Waals surface area (Å²) < 4.78 is 5.69. The number of amides is 2. The molecule has 0 aromatic heterocycles. The van der Waals surface area contributed by atoms with Crippen LogP contribution in [0.4, 0.5) is 4.79 Å². The lowest BCUT2D eigenvalue weighted by Gasteiger charge is -2.35. The number of nitrogens with zero attached hydrogens (tertiary/aromatic N) is 1. The zero-order chi connectivity index (χ0) is 25.2. The van der Waals surface area contributed by atoms with Gasteiger partial charge in [-0.05, 0) is 61.8 Å². The molecule has 0 spiro atoms. The molecule has 2 aromatic rings. The first-order valence-corrected chi connectivity index (χ1v) is 12.3. The van der Waals surface area contributed by atoms with E-state index in [1.807, 2.05) is 45.0 Å². The van der Waals surface area contributed by atoms with Crippen LogP contribution in [0.15, 0.2) is 48.5 Å². The van der Waals surface area contributed by atoms with Gasteiger partial charge in [0.25, 0.3) is 0 Å². The van der Waals surface area contributed by atoms with Crippen LogP contribution in [0.2, 0.25) is 0 Å². The number of benzene rings is 2. The molecular weight excluding hydrogens is 444 g/mol. The first-order valence-electron chi connectivity index (χ1n) is 12.3. The van der Waals surface area contributed by atoms with E-state index in [0.29, 0.717) is 0 Å². The molecule has 0 aliphatic heterocycles. The largest absolute Gasteiger partial charge is 0.480 e. The molecule has 2 atom stereocenters. The van der Waals surface area contributed by atoms with Gasteiger partial charge in [-0.2, -0.15) is 0 Å². The summed E-state index contributed by atoms with van der Waals surface area (Å²) in [4.78, 5) is 38.4. The van der Waals surface area contributed by atoms with Gasteiger partial charge in [-0.25, -0.2) is 4.79 Å². The Morgan fingerprint density at radius 3 is 2.17 bits per heavy atom. The van der Waals surface area contributed by atoms with Crippen molar-refractivity contribution in [2.75, 3.05) is 13.2 Å². The van der Waals surface area contributed by atoms with Crippen molar-refractivity contribution in [1.82, 2.24) is 10.2 Å². The molecular formula is C28H34N2O5. The highest BCUT2D eigenvalue weighted by Gasteiger charge is 2.36. The van der Waals surface area contributed by atoms with Crippen LogP contribution in [-0.4, -0.2) is 52.7 Å². The van der Waals surface area contributed by atoms with Gasteiger partial charge in [0.1, 0.15) is 13.2 Å². The third kappa shape index (κ3) is 5.50. The van der Waals surface area contributed by atoms with Gasteiger partial charge in [-0.1, -0.05) is 55.0 Å². The molecule has 2 amide bonds. The Morgan fingerprint density at radius 2 is 1.60 bits per heavy atom. The molecule has 2 aliphatic carbocycles. The van der Waals surface area contributed by atoms with Crippen molar-refractivity contribution in [1.29, 1.82) is 0 Å². The van der Waals surface area contributed by atoms with Crippen LogP contribution in [0.5, 0.6) is 0 Å². The lowest BCUT2D eigenvalue weighted by Crippen LogP contribution is -2.49. The van der Waals surface area contributed by atoms with Crippen LogP contribution >= 0.6 is 0 Å². The molecule has 35 heavy (non-hydrogen) atoms. The molecule has 7 heteroatoms. The minimum Gasteiger partial charge on any atom is -0.480 e. The quantitative estimate of drug-likeness (QED) is 0.596. The lowest BCUT2D eigenvalue weighted by molar-refractivity contribution is -0.148. The first-order chi connectivity index (χ1) is 16.6. The van der Waals surface area contributed by atoms with Crippen molar-refractivity contribution >= 4 is 18.0 Å². The Kier molecular flexibility index (Phi) is 7.15. The number of carboxylic acids is 1. The van der Waals surface area contributed by atoms with Gasteiger partial charge < -0.3 is 20.1 Å². The normalized spacial score (nSPS) is 19.1. The monoisotopic (exact) mass is 478 g/mol. The van der Waals surface area contributed by atoms with Crippen molar-refractivity contribution in [3.63, 3.8) is 0 Å². The SMILES string of the molecule is CC(C)(C)N(CC(=O)O)C(=O)CC1CCCC1NC(=O)OCC1c2ccccc2-c2ccccc21.